The lowest BCUT2D eigenvalue weighted by Crippen LogP contribution is -1.87. The fourth-order valence-corrected chi connectivity index (χ4v) is 0.521. The smallest absolute Gasteiger partial charge is 0.000407 e. The summed E-state index contributed by atoms with van der Waals surface area (Å²) in [6, 6.07) is 0. The maximum atomic E-state index is 3.51. The van der Waals surface area contributed by atoms with E-state index in [0.717, 1.165) is 6.42 Å². The molecule has 0 fully saturated rings. The topological polar surface area (TPSA) is 12.0 Å². The van der Waals surface area contributed by atoms with Gasteiger partial charge in [-0.3, -0.25) is 0 Å². The molecule has 0 rings (SSSR count). The summed E-state index contributed by atoms with van der Waals surface area (Å²) >= 11 is 0. The molecule has 0 bridgehead atoms. The summed E-state index contributed by atoms with van der Waals surface area (Å²) < 4.78 is 0. The number of hydrogen-bond acceptors (Lipinski definition) is 1. The van der Waals surface area contributed by atoms with E-state index >= 15 is 0 Å². The van der Waals surface area contributed by atoms with Crippen LogP contribution in [0.4, 0.5) is 0 Å². The Morgan fingerprint density at radius 1 is 1.40 bits per heavy atom. The predicted molar refractivity (Wildman–Crippen MR) is 46.5 cm³/mol. The van der Waals surface area contributed by atoms with Crippen molar-refractivity contribution in [1.29, 1.82) is 0 Å². The lowest BCUT2D eigenvalue weighted by Gasteiger charge is -1.83. The van der Waals surface area contributed by atoms with Gasteiger partial charge in [0, 0.05) is 6.20 Å². The highest BCUT2D eigenvalue weighted by molar-refractivity contribution is 5.02. The van der Waals surface area contributed by atoms with Crippen LogP contribution < -0.4 is 5.32 Å². The van der Waals surface area contributed by atoms with Gasteiger partial charge in [-0.15, -0.1) is 0 Å². The molecule has 0 saturated heterocycles. The van der Waals surface area contributed by atoms with Crippen LogP contribution in [-0.2, 0) is 0 Å². The number of hydrogen-bond donors (Lipinski definition) is 1. The minimum absolute atomic E-state index is 1.15. The summed E-state index contributed by atoms with van der Waals surface area (Å²) in [4.78, 5) is 0. The van der Waals surface area contributed by atoms with E-state index in [1.807, 2.05) is 18.4 Å². The second-order valence-electron chi connectivity index (χ2n) is 1.95. The van der Waals surface area contributed by atoms with Gasteiger partial charge < -0.3 is 5.32 Å². The maximum absolute atomic E-state index is 3.51. The molecule has 0 heterocycles. The van der Waals surface area contributed by atoms with Crippen molar-refractivity contribution < 1.29 is 0 Å². The Bertz CT molecular complexity index is 123. The normalized spacial score (nSPS) is 10.9. The third kappa shape index (κ3) is 7.02. The molecule has 0 aliphatic carbocycles. The SMILES string of the molecule is C=CN/C=C/C=C/CCC. The molecule has 0 aliphatic rings. The van der Waals surface area contributed by atoms with Crippen molar-refractivity contribution >= 4 is 0 Å². The van der Waals surface area contributed by atoms with Crippen molar-refractivity contribution in [3.63, 3.8) is 0 Å². The summed E-state index contributed by atoms with van der Waals surface area (Å²) in [5.41, 5.74) is 0. The summed E-state index contributed by atoms with van der Waals surface area (Å²) in [6.07, 6.45) is 12.0. The van der Waals surface area contributed by atoms with Crippen LogP contribution in [0.15, 0.2) is 37.2 Å². The monoisotopic (exact) mass is 137 g/mol. The molecule has 0 radical (unpaired) electrons. The lowest BCUT2D eigenvalue weighted by atomic mass is 10.3. The summed E-state index contributed by atoms with van der Waals surface area (Å²) in [5, 5.41) is 2.86. The van der Waals surface area contributed by atoms with Crippen molar-refractivity contribution in [1.82, 2.24) is 5.32 Å². The molecule has 0 aromatic heterocycles. The zero-order valence-electron chi connectivity index (χ0n) is 6.51. The van der Waals surface area contributed by atoms with Crippen LogP contribution in [0.2, 0.25) is 0 Å². The molecule has 0 saturated carbocycles. The van der Waals surface area contributed by atoms with Crippen LogP contribution in [0, 0.1) is 0 Å². The Balaban J connectivity index is 3.22. The zero-order valence-corrected chi connectivity index (χ0v) is 6.51. The Labute approximate surface area is 63.1 Å². The summed E-state index contributed by atoms with van der Waals surface area (Å²) in [6.45, 7) is 5.67. The quantitative estimate of drug-likeness (QED) is 0.574. The Kier molecular flexibility index (Phi) is 7.23. The molecule has 1 nitrogen and oxygen atoms in total. The molecule has 0 aromatic carbocycles. The first-order chi connectivity index (χ1) is 4.91. The van der Waals surface area contributed by atoms with Gasteiger partial charge in [0.15, 0.2) is 0 Å². The van der Waals surface area contributed by atoms with Gasteiger partial charge in [0.2, 0.25) is 0 Å². The maximum Gasteiger partial charge on any atom is 0.000407 e. The van der Waals surface area contributed by atoms with Gasteiger partial charge in [0.25, 0.3) is 0 Å². The Morgan fingerprint density at radius 2 is 2.20 bits per heavy atom. The van der Waals surface area contributed by atoms with Crippen LogP contribution in [0.25, 0.3) is 0 Å². The highest BCUT2D eigenvalue weighted by atomic mass is 14.8. The van der Waals surface area contributed by atoms with Gasteiger partial charge in [-0.2, -0.15) is 0 Å². The average Bonchev–Trinajstić information content (AvgIpc) is 1.97. The molecular formula is C9H15N. The molecule has 10 heavy (non-hydrogen) atoms. The minimum atomic E-state index is 1.15. The first kappa shape index (κ1) is 9.02. The van der Waals surface area contributed by atoms with Gasteiger partial charge in [-0.05, 0) is 18.7 Å². The second kappa shape index (κ2) is 8.02. The number of unbranched alkanes of at least 4 members (excludes halogenated alkanes) is 1. The third-order valence-corrected chi connectivity index (χ3v) is 1.01. The number of rotatable bonds is 5. The third-order valence-electron chi connectivity index (χ3n) is 1.01. The van der Waals surface area contributed by atoms with Crippen molar-refractivity contribution in [2.24, 2.45) is 0 Å². The average molecular weight is 137 g/mol. The molecule has 56 valence electrons. The number of nitrogens with one attached hydrogen (secondary N) is 1. The molecule has 0 spiro atoms. The standard InChI is InChI=1S/C9H15N/c1-3-5-6-7-8-9-10-4-2/h4,6-10H,2-3,5H2,1H3/b7-6+,9-8+. The van der Waals surface area contributed by atoms with Gasteiger partial charge in [-0.1, -0.05) is 32.1 Å². The highest BCUT2D eigenvalue weighted by Crippen LogP contribution is 1.87. The first-order valence-electron chi connectivity index (χ1n) is 3.60. The summed E-state index contributed by atoms with van der Waals surface area (Å²) in [7, 11) is 0. The van der Waals surface area contributed by atoms with Crippen LogP contribution >= 0.6 is 0 Å². The molecule has 0 aliphatic heterocycles. The lowest BCUT2D eigenvalue weighted by molar-refractivity contribution is 0.958. The molecule has 1 N–H and O–H groups in total. The van der Waals surface area contributed by atoms with E-state index < -0.39 is 0 Å². The highest BCUT2D eigenvalue weighted by Gasteiger charge is 1.68. The largest absolute Gasteiger partial charge is 0.368 e. The van der Waals surface area contributed by atoms with E-state index in [-0.39, 0.29) is 0 Å². The van der Waals surface area contributed by atoms with Crippen LogP contribution in [0.3, 0.4) is 0 Å². The van der Waals surface area contributed by atoms with E-state index in [1.165, 1.54) is 6.42 Å². The fourth-order valence-electron chi connectivity index (χ4n) is 0.521. The van der Waals surface area contributed by atoms with Gasteiger partial charge in [0.1, 0.15) is 0 Å². The van der Waals surface area contributed by atoms with Crippen LogP contribution in [-0.4, -0.2) is 0 Å². The van der Waals surface area contributed by atoms with E-state index in [4.69, 9.17) is 0 Å². The molecule has 1 heteroatoms. The Morgan fingerprint density at radius 3 is 2.80 bits per heavy atom. The second-order valence-corrected chi connectivity index (χ2v) is 1.95. The summed E-state index contributed by atoms with van der Waals surface area (Å²) in [5.74, 6) is 0. The van der Waals surface area contributed by atoms with E-state index in [0.29, 0.717) is 0 Å². The molecular weight excluding hydrogens is 122 g/mol. The molecule has 0 atom stereocenters. The molecule has 0 unspecified atom stereocenters. The van der Waals surface area contributed by atoms with Crippen molar-refractivity contribution in [2.75, 3.05) is 0 Å². The van der Waals surface area contributed by atoms with Crippen LogP contribution in [0.1, 0.15) is 19.8 Å². The first-order valence-corrected chi connectivity index (χ1v) is 3.60. The van der Waals surface area contributed by atoms with Crippen molar-refractivity contribution in [3.05, 3.63) is 37.2 Å². The molecule has 0 amide bonds. The van der Waals surface area contributed by atoms with Crippen molar-refractivity contribution in [2.45, 2.75) is 19.8 Å². The van der Waals surface area contributed by atoms with Gasteiger partial charge in [0.05, 0.1) is 0 Å². The van der Waals surface area contributed by atoms with Gasteiger partial charge in [-0.25, -0.2) is 0 Å². The van der Waals surface area contributed by atoms with Crippen molar-refractivity contribution in [3.8, 4) is 0 Å². The predicted octanol–water partition coefficient (Wildman–Crippen LogP) is 2.59. The fraction of sp³-hybridized carbons (Fsp3) is 0.333. The number of allylic oxidation sites excluding steroid dienone is 3. The van der Waals surface area contributed by atoms with Gasteiger partial charge >= 0.3 is 0 Å². The minimum Gasteiger partial charge on any atom is -0.368 e. The van der Waals surface area contributed by atoms with E-state index in [9.17, 15) is 0 Å². The Hall–Kier alpha value is -0.980. The molecule has 0 aromatic rings. The van der Waals surface area contributed by atoms with E-state index in [1.54, 1.807) is 6.20 Å². The zero-order chi connectivity index (χ0) is 7.66. The van der Waals surface area contributed by atoms with Crippen LogP contribution in [0.5, 0.6) is 0 Å². The van der Waals surface area contributed by atoms with E-state index in [2.05, 4.69) is 24.9 Å².